The third kappa shape index (κ3) is 6.14. The van der Waals surface area contributed by atoms with Crippen molar-refractivity contribution < 1.29 is 4.42 Å². The van der Waals surface area contributed by atoms with E-state index in [1.807, 2.05) is 24.4 Å². The smallest absolute Gasteiger partial charge is 0.227 e. The molecule has 51 heavy (non-hydrogen) atoms. The zero-order valence-corrected chi connectivity index (χ0v) is 27.8. The number of benzene rings is 7. The van der Waals surface area contributed by atoms with Gasteiger partial charge in [0, 0.05) is 29.1 Å². The fraction of sp³-hybridized carbons (Fsp3) is 0. The van der Waals surface area contributed by atoms with E-state index in [0.29, 0.717) is 5.89 Å². The summed E-state index contributed by atoms with van der Waals surface area (Å²) in [6.07, 6.45) is 3.70. The molecule has 0 fully saturated rings. The van der Waals surface area contributed by atoms with Crippen LogP contribution < -0.4 is 0 Å². The van der Waals surface area contributed by atoms with Gasteiger partial charge in [0.05, 0.1) is 0 Å². The molecule has 0 amide bonds. The summed E-state index contributed by atoms with van der Waals surface area (Å²) in [6, 6.07) is 63.8. The molecule has 0 aliphatic heterocycles. The van der Waals surface area contributed by atoms with E-state index in [2.05, 4.69) is 169 Å². The molecule has 0 atom stereocenters. The molecule has 0 saturated heterocycles. The van der Waals surface area contributed by atoms with Crippen LogP contribution in [0.15, 0.2) is 199 Å². The molecule has 2 heterocycles. The third-order valence-corrected chi connectivity index (χ3v) is 9.45. The van der Waals surface area contributed by atoms with Crippen LogP contribution in [-0.2, 0) is 0 Å². The number of oxazole rings is 1. The lowest BCUT2D eigenvalue weighted by Crippen LogP contribution is -1.87. The number of aromatic nitrogens is 2. The second-order valence-electron chi connectivity index (χ2n) is 12.7. The molecule has 7 aromatic carbocycles. The Morgan fingerprint density at radius 3 is 1.35 bits per heavy atom. The summed E-state index contributed by atoms with van der Waals surface area (Å²) >= 11 is 0. The molecule has 3 nitrogen and oxygen atoms in total. The Labute approximate surface area is 297 Å². The summed E-state index contributed by atoms with van der Waals surface area (Å²) in [5.41, 5.74) is 16.1. The molecule has 0 bridgehead atoms. The average molecular weight is 653 g/mol. The van der Waals surface area contributed by atoms with Crippen LogP contribution in [0.1, 0.15) is 0 Å². The monoisotopic (exact) mass is 652 g/mol. The lowest BCUT2D eigenvalue weighted by molar-refractivity contribution is 0.620. The quantitative estimate of drug-likeness (QED) is 0.172. The highest BCUT2D eigenvalue weighted by Crippen LogP contribution is 2.38. The van der Waals surface area contributed by atoms with Gasteiger partial charge in [0.1, 0.15) is 5.52 Å². The van der Waals surface area contributed by atoms with Gasteiger partial charge in [0.25, 0.3) is 0 Å². The molecular weight excluding hydrogens is 621 g/mol. The van der Waals surface area contributed by atoms with E-state index in [1.165, 1.54) is 22.3 Å². The van der Waals surface area contributed by atoms with Gasteiger partial charge in [-0.15, -0.1) is 0 Å². The Morgan fingerprint density at radius 1 is 0.333 bits per heavy atom. The molecule has 2 aromatic heterocycles. The Hall–Kier alpha value is -6.84. The van der Waals surface area contributed by atoms with Crippen LogP contribution in [0.4, 0.5) is 0 Å². The standard InChI is InChI=1S/C48H32N2O/c1-3-9-33(10-4-1)35-16-18-37(19-17-35)38-24-26-40(27-25-38)48-50-47-45(42-14-7-13-41(29-42)43-15-8-28-49-32-43)30-44(31-46(47)51-48)39-22-20-36(21-23-39)34-11-5-2-6-12-34/h1-32H. The molecule has 0 spiro atoms. The summed E-state index contributed by atoms with van der Waals surface area (Å²) < 4.78 is 6.58. The van der Waals surface area contributed by atoms with E-state index in [9.17, 15) is 0 Å². The van der Waals surface area contributed by atoms with Gasteiger partial charge < -0.3 is 4.42 Å². The van der Waals surface area contributed by atoms with Gasteiger partial charge in [0.2, 0.25) is 5.89 Å². The Balaban J connectivity index is 1.10. The molecule has 0 radical (unpaired) electrons. The zero-order valence-electron chi connectivity index (χ0n) is 27.8. The van der Waals surface area contributed by atoms with Crippen molar-refractivity contribution in [2.24, 2.45) is 0 Å². The van der Waals surface area contributed by atoms with Crippen molar-refractivity contribution in [2.75, 3.05) is 0 Å². The first-order valence-corrected chi connectivity index (χ1v) is 17.1. The van der Waals surface area contributed by atoms with Crippen molar-refractivity contribution in [3.63, 3.8) is 0 Å². The van der Waals surface area contributed by atoms with Crippen molar-refractivity contribution in [3.8, 4) is 78.2 Å². The number of pyridine rings is 1. The van der Waals surface area contributed by atoms with Gasteiger partial charge in [0.15, 0.2) is 5.58 Å². The van der Waals surface area contributed by atoms with E-state index in [0.717, 1.165) is 61.2 Å². The van der Waals surface area contributed by atoms with Crippen molar-refractivity contribution in [1.82, 2.24) is 9.97 Å². The lowest BCUT2D eigenvalue weighted by Gasteiger charge is -2.10. The molecule has 9 rings (SSSR count). The highest BCUT2D eigenvalue weighted by atomic mass is 16.3. The number of nitrogens with zero attached hydrogens (tertiary/aromatic N) is 2. The first kappa shape index (κ1) is 30.2. The highest BCUT2D eigenvalue weighted by Gasteiger charge is 2.17. The maximum absolute atomic E-state index is 6.58. The first-order valence-electron chi connectivity index (χ1n) is 17.1. The maximum Gasteiger partial charge on any atom is 0.227 e. The molecule has 0 saturated carbocycles. The van der Waals surface area contributed by atoms with Crippen LogP contribution in [-0.4, -0.2) is 9.97 Å². The second kappa shape index (κ2) is 13.2. The molecule has 0 aliphatic rings. The minimum atomic E-state index is 0.595. The van der Waals surface area contributed by atoms with Gasteiger partial charge in [-0.3, -0.25) is 4.98 Å². The van der Waals surface area contributed by atoms with E-state index >= 15 is 0 Å². The lowest BCUT2D eigenvalue weighted by atomic mass is 9.94. The Bertz CT molecular complexity index is 2570. The highest BCUT2D eigenvalue weighted by molar-refractivity contribution is 5.97. The van der Waals surface area contributed by atoms with Gasteiger partial charge in [-0.25, -0.2) is 4.98 Å². The predicted octanol–water partition coefficient (Wildman–Crippen LogP) is 12.9. The van der Waals surface area contributed by atoms with Gasteiger partial charge >= 0.3 is 0 Å². The van der Waals surface area contributed by atoms with Crippen molar-refractivity contribution in [2.45, 2.75) is 0 Å². The summed E-state index contributed by atoms with van der Waals surface area (Å²) in [7, 11) is 0. The molecule has 240 valence electrons. The van der Waals surface area contributed by atoms with Crippen molar-refractivity contribution in [3.05, 3.63) is 194 Å². The fourth-order valence-electron chi connectivity index (χ4n) is 6.72. The SMILES string of the molecule is c1ccc(-c2ccc(-c3ccc(-c4nc5c(-c6cccc(-c7cccnc7)c6)cc(-c6ccc(-c7ccccc7)cc6)cc5o4)cc3)cc2)cc1. The van der Waals surface area contributed by atoms with Crippen molar-refractivity contribution >= 4 is 11.1 Å². The Morgan fingerprint density at radius 2 is 0.804 bits per heavy atom. The van der Waals surface area contributed by atoms with E-state index in [1.54, 1.807) is 6.20 Å². The van der Waals surface area contributed by atoms with E-state index < -0.39 is 0 Å². The van der Waals surface area contributed by atoms with E-state index in [-0.39, 0.29) is 0 Å². The summed E-state index contributed by atoms with van der Waals surface area (Å²) in [5, 5.41) is 0. The maximum atomic E-state index is 6.58. The third-order valence-electron chi connectivity index (χ3n) is 9.45. The summed E-state index contributed by atoms with van der Waals surface area (Å²) in [6.45, 7) is 0. The van der Waals surface area contributed by atoms with E-state index in [4.69, 9.17) is 9.40 Å². The predicted molar refractivity (Wildman–Crippen MR) is 210 cm³/mol. The summed E-state index contributed by atoms with van der Waals surface area (Å²) in [5.74, 6) is 0.595. The number of hydrogen-bond acceptors (Lipinski definition) is 3. The molecular formula is C48H32N2O. The number of fused-ring (bicyclic) bond motifs is 1. The fourth-order valence-corrected chi connectivity index (χ4v) is 6.72. The molecule has 0 N–H and O–H groups in total. The zero-order chi connectivity index (χ0) is 34.0. The van der Waals surface area contributed by atoms with Crippen LogP contribution in [0.5, 0.6) is 0 Å². The summed E-state index contributed by atoms with van der Waals surface area (Å²) in [4.78, 5) is 9.47. The van der Waals surface area contributed by atoms with Crippen LogP contribution in [0.25, 0.3) is 89.3 Å². The van der Waals surface area contributed by atoms with Crippen LogP contribution in [0.3, 0.4) is 0 Å². The normalized spacial score (nSPS) is 11.1. The second-order valence-corrected chi connectivity index (χ2v) is 12.7. The minimum Gasteiger partial charge on any atom is -0.436 e. The Kier molecular flexibility index (Phi) is 7.84. The average Bonchev–Trinajstić information content (AvgIpc) is 3.66. The molecule has 9 aromatic rings. The van der Waals surface area contributed by atoms with Gasteiger partial charge in [-0.2, -0.15) is 0 Å². The number of rotatable bonds is 7. The van der Waals surface area contributed by atoms with Gasteiger partial charge in [-0.05, 0) is 92.0 Å². The topological polar surface area (TPSA) is 38.9 Å². The van der Waals surface area contributed by atoms with Crippen LogP contribution in [0.2, 0.25) is 0 Å². The molecule has 3 heteroatoms. The molecule has 0 aliphatic carbocycles. The van der Waals surface area contributed by atoms with Gasteiger partial charge in [-0.1, -0.05) is 146 Å². The molecule has 0 unspecified atom stereocenters. The van der Waals surface area contributed by atoms with Crippen molar-refractivity contribution in [1.29, 1.82) is 0 Å². The largest absolute Gasteiger partial charge is 0.436 e. The first-order chi connectivity index (χ1) is 25.2. The number of hydrogen-bond donors (Lipinski definition) is 0. The minimum absolute atomic E-state index is 0.595. The van der Waals surface area contributed by atoms with Crippen LogP contribution in [0, 0.1) is 0 Å². The van der Waals surface area contributed by atoms with Crippen LogP contribution >= 0.6 is 0 Å².